The van der Waals surface area contributed by atoms with E-state index in [0.717, 1.165) is 29.8 Å². The molecule has 0 spiro atoms. The second-order valence-corrected chi connectivity index (χ2v) is 7.02. The average molecular weight is 305 g/mol. The highest BCUT2D eigenvalue weighted by Gasteiger charge is 2.18. The van der Waals surface area contributed by atoms with Crippen LogP contribution in [-0.2, 0) is 16.8 Å². The molecule has 21 heavy (non-hydrogen) atoms. The van der Waals surface area contributed by atoms with Crippen molar-refractivity contribution < 1.29 is 4.74 Å². The van der Waals surface area contributed by atoms with Crippen LogP contribution in [0.4, 0.5) is 0 Å². The maximum Gasteiger partial charge on any atom is 0.208 e. The molecule has 0 bridgehead atoms. The van der Waals surface area contributed by atoms with Gasteiger partial charge in [-0.2, -0.15) is 0 Å². The Labute approximate surface area is 130 Å². The SMILES string of the molecule is CC(C)(C)c1nc(SCCCOCc2ccccc2)n[nH]1. The van der Waals surface area contributed by atoms with Crippen LogP contribution < -0.4 is 0 Å². The third-order valence-corrected chi connectivity index (χ3v) is 3.88. The van der Waals surface area contributed by atoms with Gasteiger partial charge in [0.25, 0.3) is 0 Å². The number of benzene rings is 1. The van der Waals surface area contributed by atoms with Gasteiger partial charge < -0.3 is 4.74 Å². The fourth-order valence-corrected chi connectivity index (χ4v) is 2.45. The van der Waals surface area contributed by atoms with Crippen LogP contribution in [0, 0.1) is 0 Å². The molecule has 0 aliphatic heterocycles. The molecule has 0 aliphatic rings. The number of aromatic amines is 1. The topological polar surface area (TPSA) is 50.8 Å². The van der Waals surface area contributed by atoms with E-state index in [1.807, 2.05) is 18.2 Å². The highest BCUT2D eigenvalue weighted by molar-refractivity contribution is 7.99. The number of thioether (sulfide) groups is 1. The Kier molecular flexibility index (Phi) is 5.82. The molecule has 0 saturated carbocycles. The number of ether oxygens (including phenoxy) is 1. The molecule has 2 rings (SSSR count). The summed E-state index contributed by atoms with van der Waals surface area (Å²) >= 11 is 1.67. The second kappa shape index (κ2) is 7.61. The summed E-state index contributed by atoms with van der Waals surface area (Å²) in [5.41, 5.74) is 1.24. The standard InChI is InChI=1S/C16H23N3OS/c1-16(2,3)14-17-15(19-18-14)21-11-7-10-20-12-13-8-5-4-6-9-13/h4-6,8-9H,7,10-12H2,1-3H3,(H,17,18,19). The van der Waals surface area contributed by atoms with Crippen LogP contribution in [0.15, 0.2) is 35.5 Å². The van der Waals surface area contributed by atoms with Crippen molar-refractivity contribution in [3.05, 3.63) is 41.7 Å². The first-order chi connectivity index (χ1) is 10.1. The Morgan fingerprint density at radius 1 is 1.19 bits per heavy atom. The lowest BCUT2D eigenvalue weighted by atomic mass is 9.96. The second-order valence-electron chi connectivity index (χ2n) is 5.96. The summed E-state index contributed by atoms with van der Waals surface area (Å²) in [6.07, 6.45) is 0.997. The predicted octanol–water partition coefficient (Wildman–Crippen LogP) is 3.80. The molecule has 1 N–H and O–H groups in total. The summed E-state index contributed by atoms with van der Waals surface area (Å²) in [4.78, 5) is 4.50. The van der Waals surface area contributed by atoms with Crippen LogP contribution in [0.2, 0.25) is 0 Å². The van der Waals surface area contributed by atoms with E-state index in [0.29, 0.717) is 6.61 Å². The monoisotopic (exact) mass is 305 g/mol. The van der Waals surface area contributed by atoms with Crippen molar-refractivity contribution in [2.24, 2.45) is 0 Å². The number of rotatable bonds is 7. The molecule has 0 radical (unpaired) electrons. The van der Waals surface area contributed by atoms with Crippen molar-refractivity contribution >= 4 is 11.8 Å². The number of hydrogen-bond donors (Lipinski definition) is 1. The van der Waals surface area contributed by atoms with E-state index in [1.54, 1.807) is 11.8 Å². The van der Waals surface area contributed by atoms with Gasteiger partial charge in [0.1, 0.15) is 5.82 Å². The zero-order chi connectivity index (χ0) is 15.1. The lowest BCUT2D eigenvalue weighted by Gasteiger charge is -2.12. The Morgan fingerprint density at radius 3 is 2.62 bits per heavy atom. The molecule has 0 unspecified atom stereocenters. The van der Waals surface area contributed by atoms with Gasteiger partial charge in [0.2, 0.25) is 5.16 Å². The highest BCUT2D eigenvalue weighted by Crippen LogP contribution is 2.21. The Morgan fingerprint density at radius 2 is 1.95 bits per heavy atom. The zero-order valence-electron chi connectivity index (χ0n) is 12.9. The summed E-state index contributed by atoms with van der Waals surface area (Å²) in [5.74, 6) is 1.90. The molecule has 2 aromatic rings. The molecule has 114 valence electrons. The number of nitrogens with one attached hydrogen (secondary N) is 1. The van der Waals surface area contributed by atoms with Gasteiger partial charge in [-0.05, 0) is 12.0 Å². The van der Waals surface area contributed by atoms with Crippen molar-refractivity contribution in [1.82, 2.24) is 15.2 Å². The molecule has 0 atom stereocenters. The quantitative estimate of drug-likeness (QED) is 0.624. The van der Waals surface area contributed by atoms with Crippen LogP contribution in [0.3, 0.4) is 0 Å². The molecule has 0 amide bonds. The van der Waals surface area contributed by atoms with E-state index in [2.05, 4.69) is 48.1 Å². The molecule has 1 heterocycles. The number of nitrogens with zero attached hydrogens (tertiary/aromatic N) is 2. The normalized spacial score (nSPS) is 11.8. The largest absolute Gasteiger partial charge is 0.377 e. The first-order valence-corrected chi connectivity index (χ1v) is 8.21. The number of hydrogen-bond acceptors (Lipinski definition) is 4. The van der Waals surface area contributed by atoms with Gasteiger partial charge in [-0.3, -0.25) is 5.10 Å². The number of aromatic nitrogens is 3. The van der Waals surface area contributed by atoms with Crippen molar-refractivity contribution in [2.75, 3.05) is 12.4 Å². The van der Waals surface area contributed by atoms with E-state index in [-0.39, 0.29) is 5.41 Å². The zero-order valence-corrected chi connectivity index (χ0v) is 13.7. The van der Waals surface area contributed by atoms with Crippen molar-refractivity contribution in [1.29, 1.82) is 0 Å². The van der Waals surface area contributed by atoms with Gasteiger partial charge in [-0.25, -0.2) is 4.98 Å². The molecule has 1 aromatic carbocycles. The molecular formula is C16H23N3OS. The fourth-order valence-electron chi connectivity index (χ4n) is 1.74. The summed E-state index contributed by atoms with van der Waals surface area (Å²) < 4.78 is 5.66. The summed E-state index contributed by atoms with van der Waals surface area (Å²) in [6.45, 7) is 7.82. The molecule has 0 fully saturated rings. The minimum atomic E-state index is 0.0185. The van der Waals surface area contributed by atoms with Crippen LogP contribution in [-0.4, -0.2) is 27.5 Å². The fraction of sp³-hybridized carbons (Fsp3) is 0.500. The molecule has 5 heteroatoms. The lowest BCUT2D eigenvalue weighted by Crippen LogP contribution is -2.13. The maximum absolute atomic E-state index is 5.66. The van der Waals surface area contributed by atoms with Crippen LogP contribution in [0.1, 0.15) is 38.6 Å². The average Bonchev–Trinajstić information content (AvgIpc) is 2.93. The summed E-state index contributed by atoms with van der Waals surface area (Å²) in [7, 11) is 0. The third kappa shape index (κ3) is 5.52. The van der Waals surface area contributed by atoms with E-state index in [9.17, 15) is 0 Å². The van der Waals surface area contributed by atoms with Crippen molar-refractivity contribution in [2.45, 2.75) is 44.4 Å². The van der Waals surface area contributed by atoms with Crippen LogP contribution in [0.5, 0.6) is 0 Å². The van der Waals surface area contributed by atoms with E-state index in [1.165, 1.54) is 5.56 Å². The minimum absolute atomic E-state index is 0.0185. The maximum atomic E-state index is 5.66. The predicted molar refractivity (Wildman–Crippen MR) is 86.5 cm³/mol. The summed E-state index contributed by atoms with van der Waals surface area (Å²) in [6, 6.07) is 10.2. The van der Waals surface area contributed by atoms with Crippen LogP contribution in [0.25, 0.3) is 0 Å². The smallest absolute Gasteiger partial charge is 0.208 e. The van der Waals surface area contributed by atoms with Gasteiger partial charge in [0.05, 0.1) is 6.61 Å². The summed E-state index contributed by atoms with van der Waals surface area (Å²) in [5, 5.41) is 8.06. The molecule has 1 aromatic heterocycles. The molecule has 0 aliphatic carbocycles. The van der Waals surface area contributed by atoms with E-state index < -0.39 is 0 Å². The Bertz CT molecular complexity index is 534. The van der Waals surface area contributed by atoms with E-state index >= 15 is 0 Å². The molecule has 0 saturated heterocycles. The van der Waals surface area contributed by atoms with Crippen LogP contribution >= 0.6 is 11.8 Å². The molecule has 4 nitrogen and oxygen atoms in total. The van der Waals surface area contributed by atoms with Crippen molar-refractivity contribution in [3.63, 3.8) is 0 Å². The highest BCUT2D eigenvalue weighted by atomic mass is 32.2. The minimum Gasteiger partial charge on any atom is -0.377 e. The number of H-pyrrole nitrogens is 1. The van der Waals surface area contributed by atoms with Gasteiger partial charge in [-0.15, -0.1) is 5.10 Å². The first kappa shape index (κ1) is 16.0. The van der Waals surface area contributed by atoms with Gasteiger partial charge in [0.15, 0.2) is 0 Å². The Balaban J connectivity index is 1.61. The first-order valence-electron chi connectivity index (χ1n) is 7.23. The van der Waals surface area contributed by atoms with E-state index in [4.69, 9.17) is 4.74 Å². The van der Waals surface area contributed by atoms with Gasteiger partial charge >= 0.3 is 0 Å². The Hall–Kier alpha value is -1.33. The molecular weight excluding hydrogens is 282 g/mol. The lowest BCUT2D eigenvalue weighted by molar-refractivity contribution is 0.122. The van der Waals surface area contributed by atoms with Crippen molar-refractivity contribution in [3.8, 4) is 0 Å². The third-order valence-electron chi connectivity index (χ3n) is 2.95. The van der Waals surface area contributed by atoms with Gasteiger partial charge in [0, 0.05) is 17.8 Å². The van der Waals surface area contributed by atoms with Gasteiger partial charge in [-0.1, -0.05) is 62.9 Å².